The Kier molecular flexibility index (Phi) is 10.3. The van der Waals surface area contributed by atoms with Crippen LogP contribution in [0.25, 0.3) is 11.1 Å². The number of aromatic hydroxyl groups is 1. The van der Waals surface area contributed by atoms with Gasteiger partial charge in [-0.25, -0.2) is 0 Å². The molecule has 0 aliphatic rings. The van der Waals surface area contributed by atoms with Crippen LogP contribution in [0.15, 0.2) is 72.8 Å². The van der Waals surface area contributed by atoms with Gasteiger partial charge < -0.3 is 5.11 Å². The van der Waals surface area contributed by atoms with Crippen molar-refractivity contribution in [1.29, 1.82) is 0 Å². The fourth-order valence-electron chi connectivity index (χ4n) is 5.21. The van der Waals surface area contributed by atoms with E-state index in [0.29, 0.717) is 5.75 Å². The third-order valence-corrected chi connectivity index (χ3v) is 7.25. The van der Waals surface area contributed by atoms with Crippen LogP contribution >= 0.6 is 0 Å². The van der Waals surface area contributed by atoms with Gasteiger partial charge >= 0.3 is 0 Å². The molecule has 1 nitrogen and oxygen atoms in total. The fraction of sp³-hybridized carbons (Fsp3) is 0.455. The van der Waals surface area contributed by atoms with Crippen molar-refractivity contribution in [2.45, 2.75) is 96.8 Å². The molecular formula is C33H44O. The van der Waals surface area contributed by atoms with Gasteiger partial charge in [0, 0.05) is 11.0 Å². The van der Waals surface area contributed by atoms with E-state index in [2.05, 4.69) is 87.5 Å². The second-order valence-electron chi connectivity index (χ2n) is 10.3. The molecule has 0 heterocycles. The molecule has 1 heteroatoms. The third kappa shape index (κ3) is 6.98. The van der Waals surface area contributed by atoms with Crippen molar-refractivity contribution < 1.29 is 5.11 Å². The van der Waals surface area contributed by atoms with E-state index in [-0.39, 0.29) is 5.41 Å². The molecular weight excluding hydrogens is 412 g/mol. The van der Waals surface area contributed by atoms with Crippen LogP contribution in [0.1, 0.15) is 102 Å². The second-order valence-corrected chi connectivity index (χ2v) is 10.3. The van der Waals surface area contributed by atoms with Gasteiger partial charge in [-0.05, 0) is 41.2 Å². The second kappa shape index (κ2) is 13.4. The lowest BCUT2D eigenvalue weighted by Crippen LogP contribution is -2.21. The number of benzene rings is 3. The van der Waals surface area contributed by atoms with E-state index in [0.717, 1.165) is 12.0 Å². The Labute approximate surface area is 208 Å². The van der Waals surface area contributed by atoms with Gasteiger partial charge in [0.05, 0.1) is 0 Å². The molecule has 0 fully saturated rings. The Morgan fingerprint density at radius 3 is 1.74 bits per heavy atom. The molecule has 0 radical (unpaired) electrons. The Morgan fingerprint density at radius 1 is 0.618 bits per heavy atom. The molecule has 0 aliphatic carbocycles. The first-order valence-corrected chi connectivity index (χ1v) is 13.5. The van der Waals surface area contributed by atoms with Crippen LogP contribution in [0.3, 0.4) is 0 Å². The normalized spacial score (nSPS) is 11.6. The summed E-state index contributed by atoms with van der Waals surface area (Å²) < 4.78 is 0. The van der Waals surface area contributed by atoms with Gasteiger partial charge in [-0.2, -0.15) is 0 Å². The van der Waals surface area contributed by atoms with Crippen LogP contribution < -0.4 is 0 Å². The average molecular weight is 457 g/mol. The molecule has 3 aromatic rings. The first kappa shape index (κ1) is 26.1. The van der Waals surface area contributed by atoms with Crippen molar-refractivity contribution in [1.82, 2.24) is 0 Å². The molecule has 0 bridgehead atoms. The Hall–Kier alpha value is -2.54. The van der Waals surface area contributed by atoms with Crippen LogP contribution in [-0.2, 0) is 11.8 Å². The zero-order valence-corrected chi connectivity index (χ0v) is 21.7. The van der Waals surface area contributed by atoms with Gasteiger partial charge in [0.1, 0.15) is 5.75 Å². The van der Waals surface area contributed by atoms with Crippen LogP contribution in [0.4, 0.5) is 0 Å². The van der Waals surface area contributed by atoms with Crippen LogP contribution in [0.5, 0.6) is 5.75 Å². The molecule has 0 saturated carbocycles. The number of hydrogen-bond donors (Lipinski definition) is 1. The largest absolute Gasteiger partial charge is 0.508 e. The maximum Gasteiger partial charge on any atom is 0.120 e. The van der Waals surface area contributed by atoms with Crippen LogP contribution in [0, 0.1) is 0 Å². The van der Waals surface area contributed by atoms with Crippen molar-refractivity contribution in [2.75, 3.05) is 0 Å². The highest BCUT2D eigenvalue weighted by atomic mass is 16.3. The van der Waals surface area contributed by atoms with Gasteiger partial charge in [0.15, 0.2) is 0 Å². The van der Waals surface area contributed by atoms with E-state index >= 15 is 0 Å². The number of phenols is 1. The number of rotatable bonds is 14. The number of unbranched alkanes of at least 4 members (excludes halogenated alkanes) is 9. The highest BCUT2D eigenvalue weighted by Gasteiger charge is 2.30. The summed E-state index contributed by atoms with van der Waals surface area (Å²) in [5.41, 5.74) is 5.71. The van der Waals surface area contributed by atoms with E-state index in [1.165, 1.54) is 86.5 Å². The lowest BCUT2D eigenvalue weighted by molar-refractivity contribution is 0.453. The summed E-state index contributed by atoms with van der Waals surface area (Å²) in [5.74, 6) is 0.388. The van der Waals surface area contributed by atoms with E-state index in [1.807, 2.05) is 6.07 Å². The van der Waals surface area contributed by atoms with Gasteiger partial charge in [0.2, 0.25) is 0 Å². The number of aryl methyl sites for hydroxylation is 1. The smallest absolute Gasteiger partial charge is 0.120 e. The topological polar surface area (TPSA) is 20.2 Å². The standard InChI is InChI=1S/C33H44O/c1-4-5-6-7-8-9-10-11-12-15-22-28-25-26-30(34)32(31(28)27-20-16-13-17-21-27)33(2,3)29-23-18-14-19-24-29/h13-14,16-21,23-26,34H,4-12,15,22H2,1-3H3. The number of phenolic OH excluding ortho intramolecular Hbond substituents is 1. The fourth-order valence-corrected chi connectivity index (χ4v) is 5.21. The first-order valence-electron chi connectivity index (χ1n) is 13.5. The molecule has 34 heavy (non-hydrogen) atoms. The van der Waals surface area contributed by atoms with E-state index in [1.54, 1.807) is 0 Å². The summed E-state index contributed by atoms with van der Waals surface area (Å²) in [6, 6.07) is 25.3. The molecule has 3 rings (SSSR count). The SMILES string of the molecule is CCCCCCCCCCCCc1ccc(O)c(C(C)(C)c2ccccc2)c1-c1ccccc1. The maximum atomic E-state index is 11.1. The zero-order chi connectivity index (χ0) is 24.2. The van der Waals surface area contributed by atoms with Crippen molar-refractivity contribution in [3.05, 3.63) is 89.5 Å². The lowest BCUT2D eigenvalue weighted by atomic mass is 9.73. The minimum Gasteiger partial charge on any atom is -0.508 e. The van der Waals surface area contributed by atoms with Gasteiger partial charge in [-0.1, -0.05) is 145 Å². The third-order valence-electron chi connectivity index (χ3n) is 7.25. The van der Waals surface area contributed by atoms with Crippen molar-refractivity contribution in [3.63, 3.8) is 0 Å². The van der Waals surface area contributed by atoms with Gasteiger partial charge in [-0.3, -0.25) is 0 Å². The molecule has 0 atom stereocenters. The highest BCUT2D eigenvalue weighted by molar-refractivity contribution is 5.76. The molecule has 182 valence electrons. The Bertz CT molecular complexity index is 972. The average Bonchev–Trinajstić information content (AvgIpc) is 2.86. The first-order chi connectivity index (χ1) is 16.6. The molecule has 0 amide bonds. The molecule has 0 aromatic heterocycles. The zero-order valence-electron chi connectivity index (χ0n) is 21.7. The van der Waals surface area contributed by atoms with E-state index < -0.39 is 0 Å². The molecule has 0 spiro atoms. The monoisotopic (exact) mass is 456 g/mol. The quantitative estimate of drug-likeness (QED) is 0.239. The highest BCUT2D eigenvalue weighted by Crippen LogP contribution is 2.45. The van der Waals surface area contributed by atoms with Crippen LogP contribution in [-0.4, -0.2) is 5.11 Å². The van der Waals surface area contributed by atoms with Gasteiger partial charge in [0.25, 0.3) is 0 Å². The van der Waals surface area contributed by atoms with Crippen molar-refractivity contribution in [2.24, 2.45) is 0 Å². The minimum absolute atomic E-state index is 0.301. The Morgan fingerprint density at radius 2 is 1.15 bits per heavy atom. The molecule has 0 saturated heterocycles. The summed E-state index contributed by atoms with van der Waals surface area (Å²) in [4.78, 5) is 0. The van der Waals surface area contributed by atoms with Crippen molar-refractivity contribution >= 4 is 0 Å². The van der Waals surface area contributed by atoms with Crippen molar-refractivity contribution in [3.8, 4) is 16.9 Å². The predicted molar refractivity (Wildman–Crippen MR) is 148 cm³/mol. The minimum atomic E-state index is -0.301. The summed E-state index contributed by atoms with van der Waals surface area (Å²) in [6.07, 6.45) is 14.5. The van der Waals surface area contributed by atoms with Gasteiger partial charge in [-0.15, -0.1) is 0 Å². The molecule has 1 N–H and O–H groups in total. The molecule has 0 aliphatic heterocycles. The summed E-state index contributed by atoms with van der Waals surface area (Å²) in [7, 11) is 0. The molecule has 3 aromatic carbocycles. The summed E-state index contributed by atoms with van der Waals surface area (Å²) >= 11 is 0. The lowest BCUT2D eigenvalue weighted by Gasteiger charge is -2.31. The Balaban J connectivity index is 1.75. The molecule has 0 unspecified atom stereocenters. The van der Waals surface area contributed by atoms with Crippen LogP contribution in [0.2, 0.25) is 0 Å². The predicted octanol–water partition coefficient (Wildman–Crippen LogP) is 9.85. The summed E-state index contributed by atoms with van der Waals surface area (Å²) in [5, 5.41) is 11.1. The van der Waals surface area contributed by atoms with E-state index in [9.17, 15) is 5.11 Å². The number of hydrogen-bond acceptors (Lipinski definition) is 1. The summed E-state index contributed by atoms with van der Waals surface area (Å²) in [6.45, 7) is 6.74. The van der Waals surface area contributed by atoms with E-state index in [4.69, 9.17) is 0 Å². The maximum absolute atomic E-state index is 11.1.